The van der Waals surface area contributed by atoms with Crippen LogP contribution in [0, 0.1) is 0 Å². The van der Waals surface area contributed by atoms with Crippen LogP contribution >= 0.6 is 0 Å². The van der Waals surface area contributed by atoms with Crippen molar-refractivity contribution < 1.29 is 19.4 Å². The third-order valence-electron chi connectivity index (χ3n) is 2.07. The van der Waals surface area contributed by atoms with Crippen LogP contribution in [-0.4, -0.2) is 67.3 Å². The van der Waals surface area contributed by atoms with Crippen molar-refractivity contribution >= 4 is 12.0 Å². The SMILES string of the molecule is COCC(C)N(C)C(=O)N(C)CC(=O)O. The molecule has 15 heavy (non-hydrogen) atoms. The predicted octanol–water partition coefficient (Wildman–Crippen LogP) is 0.0895. The van der Waals surface area contributed by atoms with Gasteiger partial charge in [-0.3, -0.25) is 4.79 Å². The lowest BCUT2D eigenvalue weighted by Crippen LogP contribution is -2.46. The maximum atomic E-state index is 11.6. The number of urea groups is 1. The number of nitrogens with zero attached hydrogens (tertiary/aromatic N) is 2. The van der Waals surface area contributed by atoms with E-state index in [4.69, 9.17) is 9.84 Å². The Morgan fingerprint density at radius 1 is 1.40 bits per heavy atom. The highest BCUT2D eigenvalue weighted by molar-refractivity contribution is 5.79. The van der Waals surface area contributed by atoms with Crippen LogP contribution in [0.3, 0.4) is 0 Å². The van der Waals surface area contributed by atoms with Gasteiger partial charge in [0.15, 0.2) is 0 Å². The Hall–Kier alpha value is -1.30. The van der Waals surface area contributed by atoms with Gasteiger partial charge in [0.1, 0.15) is 6.54 Å². The molecule has 0 bridgehead atoms. The molecule has 1 N–H and O–H groups in total. The summed E-state index contributed by atoms with van der Waals surface area (Å²) in [7, 11) is 4.62. The fourth-order valence-corrected chi connectivity index (χ4v) is 1.08. The van der Waals surface area contributed by atoms with Gasteiger partial charge in [0.2, 0.25) is 0 Å². The van der Waals surface area contributed by atoms with Gasteiger partial charge in [0.25, 0.3) is 0 Å². The highest BCUT2D eigenvalue weighted by atomic mass is 16.5. The number of aliphatic carboxylic acids is 1. The van der Waals surface area contributed by atoms with Gasteiger partial charge in [-0.05, 0) is 6.92 Å². The number of carbonyl (C=O) groups is 2. The third-order valence-corrected chi connectivity index (χ3v) is 2.07. The number of rotatable bonds is 5. The van der Waals surface area contributed by atoms with Crippen LogP contribution in [0.2, 0.25) is 0 Å². The Bertz CT molecular complexity index is 232. The van der Waals surface area contributed by atoms with E-state index in [0.717, 1.165) is 4.90 Å². The minimum absolute atomic E-state index is 0.0845. The summed E-state index contributed by atoms with van der Waals surface area (Å²) in [6, 6.07) is -0.416. The first-order valence-corrected chi connectivity index (χ1v) is 4.58. The number of hydrogen-bond acceptors (Lipinski definition) is 3. The van der Waals surface area contributed by atoms with Crippen molar-refractivity contribution in [3.8, 4) is 0 Å². The second kappa shape index (κ2) is 6.23. The van der Waals surface area contributed by atoms with Crippen molar-refractivity contribution in [1.29, 1.82) is 0 Å². The van der Waals surface area contributed by atoms with Gasteiger partial charge in [-0.2, -0.15) is 0 Å². The molecule has 2 amide bonds. The number of methoxy groups -OCH3 is 1. The third kappa shape index (κ3) is 4.64. The molecule has 0 spiro atoms. The quantitative estimate of drug-likeness (QED) is 0.710. The van der Waals surface area contributed by atoms with E-state index >= 15 is 0 Å². The van der Waals surface area contributed by atoms with Gasteiger partial charge in [0.05, 0.1) is 12.6 Å². The van der Waals surface area contributed by atoms with E-state index in [1.165, 1.54) is 11.9 Å². The molecule has 6 heteroatoms. The molecule has 0 heterocycles. The molecule has 0 rings (SSSR count). The molecule has 0 aliphatic heterocycles. The number of ether oxygens (including phenoxy) is 1. The Kier molecular flexibility index (Phi) is 5.69. The summed E-state index contributed by atoms with van der Waals surface area (Å²) in [4.78, 5) is 24.6. The topological polar surface area (TPSA) is 70.1 Å². The molecule has 0 saturated carbocycles. The monoisotopic (exact) mass is 218 g/mol. The van der Waals surface area contributed by atoms with Gasteiger partial charge in [0, 0.05) is 21.2 Å². The molecule has 0 aromatic rings. The molecular formula is C9H18N2O4. The van der Waals surface area contributed by atoms with Crippen LogP contribution in [0.5, 0.6) is 0 Å². The van der Waals surface area contributed by atoms with E-state index in [1.54, 1.807) is 14.2 Å². The highest BCUT2D eigenvalue weighted by Gasteiger charge is 2.20. The second-order valence-corrected chi connectivity index (χ2v) is 3.45. The number of carboxylic acid groups (broad SMARTS) is 1. The number of hydrogen-bond donors (Lipinski definition) is 1. The lowest BCUT2D eigenvalue weighted by molar-refractivity contribution is -0.137. The standard InChI is InChI=1S/C9H18N2O4/c1-7(6-15-4)11(3)9(14)10(2)5-8(12)13/h7H,5-6H2,1-4H3,(H,12,13). The summed E-state index contributed by atoms with van der Waals surface area (Å²) in [5, 5.41) is 8.52. The van der Waals surface area contributed by atoms with E-state index in [9.17, 15) is 9.59 Å². The molecule has 1 unspecified atom stereocenters. The molecule has 6 nitrogen and oxygen atoms in total. The number of carbonyl (C=O) groups excluding carboxylic acids is 1. The van der Waals surface area contributed by atoms with Crippen molar-refractivity contribution in [3.05, 3.63) is 0 Å². The van der Waals surface area contributed by atoms with Crippen LogP contribution in [0.15, 0.2) is 0 Å². The maximum Gasteiger partial charge on any atom is 0.323 e. The van der Waals surface area contributed by atoms with Crippen LogP contribution in [0.4, 0.5) is 4.79 Å². The predicted molar refractivity (Wildman–Crippen MR) is 54.8 cm³/mol. The molecule has 0 aromatic carbocycles. The Labute approximate surface area is 89.4 Å². The smallest absolute Gasteiger partial charge is 0.323 e. The Morgan fingerprint density at radius 2 is 1.93 bits per heavy atom. The summed E-state index contributed by atoms with van der Waals surface area (Å²) < 4.78 is 4.91. The van der Waals surface area contributed by atoms with E-state index in [0.29, 0.717) is 6.61 Å². The van der Waals surface area contributed by atoms with Gasteiger partial charge in [-0.1, -0.05) is 0 Å². The van der Waals surface area contributed by atoms with Gasteiger partial charge >= 0.3 is 12.0 Å². The van der Waals surface area contributed by atoms with Crippen LogP contribution < -0.4 is 0 Å². The van der Waals surface area contributed by atoms with E-state index < -0.39 is 5.97 Å². The lowest BCUT2D eigenvalue weighted by atomic mass is 10.3. The molecule has 1 atom stereocenters. The van der Waals surface area contributed by atoms with Crippen LogP contribution in [0.25, 0.3) is 0 Å². The second-order valence-electron chi connectivity index (χ2n) is 3.45. The fraction of sp³-hybridized carbons (Fsp3) is 0.778. The summed E-state index contributed by atoms with van der Waals surface area (Å²) in [5.74, 6) is -1.03. The largest absolute Gasteiger partial charge is 0.480 e. The number of amides is 2. The van der Waals surface area contributed by atoms with Gasteiger partial charge in [-0.15, -0.1) is 0 Å². The van der Waals surface area contributed by atoms with Crippen molar-refractivity contribution in [2.45, 2.75) is 13.0 Å². The number of carboxylic acids is 1. The average Bonchev–Trinajstić information content (AvgIpc) is 2.14. The minimum Gasteiger partial charge on any atom is -0.480 e. The summed E-state index contributed by atoms with van der Waals surface area (Å²) in [6.45, 7) is 1.95. The molecule has 0 fully saturated rings. The molecule has 0 aliphatic carbocycles. The summed E-state index contributed by atoms with van der Waals surface area (Å²) >= 11 is 0. The van der Waals surface area contributed by atoms with E-state index in [1.807, 2.05) is 6.92 Å². The van der Waals surface area contributed by atoms with Crippen molar-refractivity contribution in [2.75, 3.05) is 34.4 Å². The molecule has 0 aromatic heterocycles. The van der Waals surface area contributed by atoms with Crippen molar-refractivity contribution in [1.82, 2.24) is 9.80 Å². The first-order valence-electron chi connectivity index (χ1n) is 4.58. The van der Waals surface area contributed by atoms with Crippen molar-refractivity contribution in [2.24, 2.45) is 0 Å². The van der Waals surface area contributed by atoms with E-state index in [-0.39, 0.29) is 18.6 Å². The summed E-state index contributed by atoms with van der Waals surface area (Å²) in [6.07, 6.45) is 0. The first-order chi connectivity index (χ1) is 6.90. The van der Waals surface area contributed by atoms with E-state index in [2.05, 4.69) is 0 Å². The van der Waals surface area contributed by atoms with Crippen LogP contribution in [-0.2, 0) is 9.53 Å². The van der Waals surface area contributed by atoms with Crippen molar-refractivity contribution in [3.63, 3.8) is 0 Å². The average molecular weight is 218 g/mol. The fourth-order valence-electron chi connectivity index (χ4n) is 1.08. The van der Waals surface area contributed by atoms with Crippen LogP contribution in [0.1, 0.15) is 6.92 Å². The molecular weight excluding hydrogens is 200 g/mol. The zero-order valence-corrected chi connectivity index (χ0v) is 9.56. The zero-order chi connectivity index (χ0) is 12.0. The molecule has 0 aliphatic rings. The molecule has 0 radical (unpaired) electrons. The Balaban J connectivity index is 4.23. The zero-order valence-electron chi connectivity index (χ0n) is 9.56. The molecule has 88 valence electrons. The highest BCUT2D eigenvalue weighted by Crippen LogP contribution is 2.00. The molecule has 0 saturated heterocycles. The maximum absolute atomic E-state index is 11.6. The Morgan fingerprint density at radius 3 is 2.33 bits per heavy atom. The minimum atomic E-state index is -1.03. The van der Waals surface area contributed by atoms with Gasteiger partial charge < -0.3 is 19.6 Å². The first kappa shape index (κ1) is 13.7. The number of likely N-dealkylation sites (N-methyl/N-ethyl adjacent to an activating group) is 2. The normalized spacial score (nSPS) is 12.0. The summed E-state index contributed by atoms with van der Waals surface area (Å²) in [5.41, 5.74) is 0. The lowest BCUT2D eigenvalue weighted by Gasteiger charge is -2.28. The van der Waals surface area contributed by atoms with Gasteiger partial charge in [-0.25, -0.2) is 4.79 Å².